The fourth-order valence-corrected chi connectivity index (χ4v) is 3.67. The van der Waals surface area contributed by atoms with Gasteiger partial charge in [0.25, 0.3) is 0 Å². The third kappa shape index (κ3) is 5.66. The first-order valence-electron chi connectivity index (χ1n) is 11.3. The van der Waals surface area contributed by atoms with Crippen LogP contribution in [0.1, 0.15) is 29.8 Å². The summed E-state index contributed by atoms with van der Waals surface area (Å²) in [5.41, 5.74) is 4.81. The molecule has 0 spiro atoms. The van der Waals surface area contributed by atoms with Crippen molar-refractivity contribution >= 4 is 12.0 Å². The monoisotopic (exact) mass is 488 g/mol. The number of hydrogen-bond acceptors (Lipinski definition) is 3. The van der Waals surface area contributed by atoms with Crippen molar-refractivity contribution in [2.75, 3.05) is 6.61 Å². The van der Waals surface area contributed by atoms with Gasteiger partial charge in [0.05, 0.1) is 18.0 Å². The molecule has 0 aliphatic carbocycles. The molecule has 4 aromatic rings. The first kappa shape index (κ1) is 24.8. The van der Waals surface area contributed by atoms with E-state index in [9.17, 15) is 18.0 Å². The predicted molar refractivity (Wildman–Crippen MR) is 135 cm³/mol. The van der Waals surface area contributed by atoms with Crippen LogP contribution in [0.3, 0.4) is 0 Å². The van der Waals surface area contributed by atoms with Gasteiger partial charge in [0.15, 0.2) is 11.5 Å². The molecule has 0 heterocycles. The molecule has 182 valence electrons. The largest absolute Gasteiger partial charge is 0.491 e. The maximum Gasteiger partial charge on any atom is 0.343 e. The Morgan fingerprint density at radius 2 is 1.17 bits per heavy atom. The number of esters is 1. The number of ether oxygens (including phenoxy) is 2. The molecule has 0 bridgehead atoms. The number of benzene rings is 4. The lowest BCUT2D eigenvalue weighted by molar-refractivity contribution is 0.0726. The molecule has 6 heteroatoms. The van der Waals surface area contributed by atoms with Crippen LogP contribution in [0.5, 0.6) is 11.5 Å². The van der Waals surface area contributed by atoms with Crippen molar-refractivity contribution in [1.29, 1.82) is 0 Å². The Kier molecular flexibility index (Phi) is 7.54. The molecular weight excluding hydrogens is 465 g/mol. The summed E-state index contributed by atoms with van der Waals surface area (Å²) in [6.45, 7) is 3.24. The molecule has 0 aromatic heterocycles. The normalized spacial score (nSPS) is 11.3. The topological polar surface area (TPSA) is 35.5 Å². The summed E-state index contributed by atoms with van der Waals surface area (Å²) >= 11 is 0. The average Bonchev–Trinajstić information content (AvgIpc) is 2.89. The summed E-state index contributed by atoms with van der Waals surface area (Å²) in [5, 5.41) is 0. The van der Waals surface area contributed by atoms with E-state index >= 15 is 0 Å². The third-order valence-corrected chi connectivity index (χ3v) is 5.46. The van der Waals surface area contributed by atoms with Gasteiger partial charge in [-0.3, -0.25) is 0 Å². The summed E-state index contributed by atoms with van der Waals surface area (Å²) in [6.07, 6.45) is 1.47. The van der Waals surface area contributed by atoms with Gasteiger partial charge in [-0.05, 0) is 72.0 Å². The lowest BCUT2D eigenvalue weighted by atomic mass is 9.99. The van der Waals surface area contributed by atoms with Gasteiger partial charge in [0.1, 0.15) is 0 Å². The summed E-state index contributed by atoms with van der Waals surface area (Å²) in [7, 11) is 0. The van der Waals surface area contributed by atoms with Gasteiger partial charge >= 0.3 is 5.97 Å². The van der Waals surface area contributed by atoms with Crippen LogP contribution in [-0.4, -0.2) is 12.6 Å². The number of hydrogen-bond donors (Lipinski definition) is 0. The standard InChI is InChI=1S/C30H23F3O3/c1-3-35-26-16-17-27(29(33)28(26)32)36-30(34)25-14-12-24(13-15-25)23-10-8-22(9-11-23)21-6-4-20(5-7-21)18-19(2)31/h4-18H,3H2,1-2H3/b19-18-. The van der Waals surface area contributed by atoms with Crippen LogP contribution in [0.25, 0.3) is 28.3 Å². The van der Waals surface area contributed by atoms with Crippen LogP contribution in [0.2, 0.25) is 0 Å². The van der Waals surface area contributed by atoms with E-state index in [1.165, 1.54) is 19.1 Å². The quantitative estimate of drug-likeness (QED) is 0.194. The van der Waals surface area contributed by atoms with Gasteiger partial charge in [-0.2, -0.15) is 8.78 Å². The van der Waals surface area contributed by atoms with Gasteiger partial charge in [0.2, 0.25) is 11.6 Å². The SMILES string of the molecule is CCOc1ccc(OC(=O)c2ccc(-c3ccc(-c4ccc(/C=C(/C)F)cc4)cc3)cc2)c(F)c1F. The van der Waals surface area contributed by atoms with E-state index in [4.69, 9.17) is 9.47 Å². The molecule has 0 atom stereocenters. The highest BCUT2D eigenvalue weighted by Crippen LogP contribution is 2.29. The fraction of sp³-hybridized carbons (Fsp3) is 0.100. The van der Waals surface area contributed by atoms with Gasteiger partial charge in [-0.15, -0.1) is 0 Å². The summed E-state index contributed by atoms with van der Waals surface area (Å²) in [4.78, 5) is 12.5. The maximum atomic E-state index is 14.2. The first-order chi connectivity index (χ1) is 17.4. The lowest BCUT2D eigenvalue weighted by Gasteiger charge is -2.10. The number of rotatable bonds is 7. The Bertz CT molecular complexity index is 1390. The Morgan fingerprint density at radius 3 is 1.67 bits per heavy atom. The first-order valence-corrected chi connectivity index (χ1v) is 11.3. The predicted octanol–water partition coefficient (Wildman–Crippen LogP) is 8.25. The molecule has 0 amide bonds. The second-order valence-corrected chi connectivity index (χ2v) is 8.02. The fourth-order valence-electron chi connectivity index (χ4n) is 3.67. The minimum absolute atomic E-state index is 0.177. The van der Waals surface area contributed by atoms with E-state index in [1.807, 2.05) is 48.5 Å². The highest BCUT2D eigenvalue weighted by atomic mass is 19.2. The number of carbonyl (C=O) groups excluding carboxylic acids is 1. The smallest absolute Gasteiger partial charge is 0.343 e. The Balaban J connectivity index is 1.45. The zero-order valence-electron chi connectivity index (χ0n) is 19.7. The van der Waals surface area contributed by atoms with Crippen molar-refractivity contribution in [2.45, 2.75) is 13.8 Å². The Hall–Kier alpha value is -4.32. The molecule has 0 aliphatic heterocycles. The summed E-state index contributed by atoms with van der Waals surface area (Å²) in [5.74, 6) is -4.29. The van der Waals surface area contributed by atoms with Gasteiger partial charge in [-0.1, -0.05) is 60.7 Å². The van der Waals surface area contributed by atoms with Gasteiger partial charge in [0, 0.05) is 0 Å². The number of halogens is 3. The zero-order valence-corrected chi connectivity index (χ0v) is 19.7. The minimum atomic E-state index is -1.28. The van der Waals surface area contributed by atoms with E-state index in [0.29, 0.717) is 0 Å². The maximum absolute atomic E-state index is 14.2. The van der Waals surface area contributed by atoms with Crippen molar-refractivity contribution < 1.29 is 27.4 Å². The zero-order chi connectivity index (χ0) is 25.7. The van der Waals surface area contributed by atoms with E-state index in [0.717, 1.165) is 33.9 Å². The van der Waals surface area contributed by atoms with E-state index in [1.54, 1.807) is 31.2 Å². The molecule has 0 aliphatic rings. The molecule has 0 saturated carbocycles. The molecular formula is C30H23F3O3. The molecule has 3 nitrogen and oxygen atoms in total. The van der Waals surface area contributed by atoms with Gasteiger partial charge in [-0.25, -0.2) is 9.18 Å². The van der Waals surface area contributed by atoms with Crippen LogP contribution in [0.15, 0.2) is 90.8 Å². The van der Waals surface area contributed by atoms with Crippen molar-refractivity contribution in [1.82, 2.24) is 0 Å². The van der Waals surface area contributed by atoms with E-state index in [2.05, 4.69) is 0 Å². The Labute approximate surface area is 207 Å². The van der Waals surface area contributed by atoms with Crippen LogP contribution in [-0.2, 0) is 0 Å². The average molecular weight is 489 g/mol. The van der Waals surface area contributed by atoms with E-state index < -0.39 is 23.4 Å². The highest BCUT2D eigenvalue weighted by molar-refractivity contribution is 5.91. The summed E-state index contributed by atoms with van der Waals surface area (Å²) in [6, 6.07) is 24.5. The second-order valence-electron chi connectivity index (χ2n) is 8.02. The molecule has 0 saturated heterocycles. The van der Waals surface area contributed by atoms with Crippen LogP contribution < -0.4 is 9.47 Å². The van der Waals surface area contributed by atoms with Crippen molar-refractivity contribution in [3.8, 4) is 33.8 Å². The lowest BCUT2D eigenvalue weighted by Crippen LogP contribution is -2.10. The molecule has 0 fully saturated rings. The van der Waals surface area contributed by atoms with Crippen LogP contribution in [0, 0.1) is 11.6 Å². The van der Waals surface area contributed by atoms with Crippen molar-refractivity contribution in [2.24, 2.45) is 0 Å². The third-order valence-electron chi connectivity index (χ3n) is 5.46. The molecule has 0 unspecified atom stereocenters. The molecule has 4 rings (SSSR count). The van der Waals surface area contributed by atoms with Crippen LogP contribution >= 0.6 is 0 Å². The van der Waals surface area contributed by atoms with Crippen molar-refractivity contribution in [3.63, 3.8) is 0 Å². The molecule has 36 heavy (non-hydrogen) atoms. The molecule has 0 N–H and O–H groups in total. The van der Waals surface area contributed by atoms with E-state index in [-0.39, 0.29) is 23.7 Å². The van der Waals surface area contributed by atoms with Gasteiger partial charge < -0.3 is 9.47 Å². The number of allylic oxidation sites excluding steroid dienone is 1. The molecule has 0 radical (unpaired) electrons. The second kappa shape index (κ2) is 11.0. The number of carbonyl (C=O) groups is 1. The highest BCUT2D eigenvalue weighted by Gasteiger charge is 2.19. The minimum Gasteiger partial charge on any atom is -0.491 e. The Morgan fingerprint density at radius 1 is 0.722 bits per heavy atom. The summed E-state index contributed by atoms with van der Waals surface area (Å²) < 4.78 is 51.4. The molecule has 4 aromatic carbocycles. The van der Waals surface area contributed by atoms with Crippen molar-refractivity contribution in [3.05, 3.63) is 114 Å². The van der Waals surface area contributed by atoms with Crippen LogP contribution in [0.4, 0.5) is 13.2 Å².